The van der Waals surface area contributed by atoms with Gasteiger partial charge in [-0.05, 0) is 62.8 Å². The third-order valence-corrected chi connectivity index (χ3v) is 4.59. The van der Waals surface area contributed by atoms with Gasteiger partial charge in [-0.2, -0.15) is 0 Å². The molecule has 1 heterocycles. The van der Waals surface area contributed by atoms with Crippen LogP contribution in [0.4, 0.5) is 4.39 Å². The van der Waals surface area contributed by atoms with Gasteiger partial charge in [0.15, 0.2) is 0 Å². The summed E-state index contributed by atoms with van der Waals surface area (Å²) in [5.41, 5.74) is 1.04. The number of piperidine rings is 1. The predicted octanol–water partition coefficient (Wildman–Crippen LogP) is 2.74. The third-order valence-electron chi connectivity index (χ3n) is 4.59. The number of halogens is 1. The second-order valence-electron chi connectivity index (χ2n) is 6.38. The first-order chi connectivity index (χ1) is 10.1. The van der Waals surface area contributed by atoms with Crippen LogP contribution in [-0.4, -0.2) is 36.5 Å². The smallest absolute Gasteiger partial charge is 0.253 e. The molecule has 0 atom stereocenters. The van der Waals surface area contributed by atoms with E-state index in [1.807, 2.05) is 4.90 Å². The molecule has 0 spiro atoms. The summed E-state index contributed by atoms with van der Waals surface area (Å²) in [6.45, 7) is 4.36. The molecule has 1 aromatic rings. The normalized spacial score (nSPS) is 19.8. The Morgan fingerprint density at radius 1 is 1.29 bits per heavy atom. The molecule has 0 unspecified atom stereocenters. The average Bonchev–Trinajstić information content (AvgIpc) is 3.32. The van der Waals surface area contributed by atoms with Crippen molar-refractivity contribution in [3.05, 3.63) is 35.1 Å². The van der Waals surface area contributed by atoms with Crippen molar-refractivity contribution in [3.8, 4) is 0 Å². The number of carbonyl (C=O) groups excluding carboxylic acids is 1. The fourth-order valence-electron chi connectivity index (χ4n) is 2.85. The zero-order chi connectivity index (χ0) is 14.8. The molecule has 2 aliphatic rings. The number of aryl methyl sites for hydroxylation is 1. The molecule has 0 bridgehead atoms. The van der Waals surface area contributed by atoms with Gasteiger partial charge in [-0.3, -0.25) is 4.79 Å². The highest BCUT2D eigenvalue weighted by Gasteiger charge is 2.26. The van der Waals surface area contributed by atoms with Crippen molar-refractivity contribution in [1.29, 1.82) is 0 Å². The molecule has 1 saturated carbocycles. The molecule has 1 amide bonds. The fourth-order valence-corrected chi connectivity index (χ4v) is 2.85. The first kappa shape index (κ1) is 14.5. The van der Waals surface area contributed by atoms with Crippen LogP contribution in [0.3, 0.4) is 0 Å². The Kier molecular flexibility index (Phi) is 4.24. The topological polar surface area (TPSA) is 32.3 Å². The van der Waals surface area contributed by atoms with Gasteiger partial charge in [0.1, 0.15) is 5.82 Å². The number of nitrogens with zero attached hydrogens (tertiary/aromatic N) is 1. The van der Waals surface area contributed by atoms with E-state index >= 15 is 0 Å². The lowest BCUT2D eigenvalue weighted by molar-refractivity contribution is 0.0704. The van der Waals surface area contributed by atoms with E-state index in [0.29, 0.717) is 17.2 Å². The Bertz CT molecular complexity index is 520. The van der Waals surface area contributed by atoms with Crippen molar-refractivity contribution >= 4 is 5.91 Å². The Morgan fingerprint density at radius 3 is 2.62 bits per heavy atom. The van der Waals surface area contributed by atoms with Crippen LogP contribution < -0.4 is 5.32 Å². The Morgan fingerprint density at radius 2 is 2.00 bits per heavy atom. The van der Waals surface area contributed by atoms with Gasteiger partial charge in [-0.15, -0.1) is 0 Å². The number of benzene rings is 1. The predicted molar refractivity (Wildman–Crippen MR) is 80.8 cm³/mol. The number of rotatable bonds is 4. The lowest BCUT2D eigenvalue weighted by Crippen LogP contribution is -2.45. The monoisotopic (exact) mass is 290 g/mol. The van der Waals surface area contributed by atoms with E-state index in [4.69, 9.17) is 0 Å². The maximum Gasteiger partial charge on any atom is 0.253 e. The summed E-state index contributed by atoms with van der Waals surface area (Å²) in [6, 6.07) is 5.28. The molecular formula is C17H23FN2O. The zero-order valence-electron chi connectivity index (χ0n) is 12.6. The summed E-state index contributed by atoms with van der Waals surface area (Å²) in [6.07, 6.45) is 4.71. The molecule has 3 nitrogen and oxygen atoms in total. The van der Waals surface area contributed by atoms with Gasteiger partial charge in [0.2, 0.25) is 0 Å². The number of hydrogen-bond acceptors (Lipinski definition) is 2. The van der Waals surface area contributed by atoms with Crippen molar-refractivity contribution in [2.24, 2.45) is 5.92 Å². The Labute approximate surface area is 125 Å². The van der Waals surface area contributed by atoms with Crippen LogP contribution in [0.1, 0.15) is 41.6 Å². The SMILES string of the molecule is Cc1ccc(C(=O)N2CCC(NCC3CC3)CC2)cc1F. The quantitative estimate of drug-likeness (QED) is 0.925. The van der Waals surface area contributed by atoms with Gasteiger partial charge in [-0.25, -0.2) is 4.39 Å². The van der Waals surface area contributed by atoms with E-state index in [1.54, 1.807) is 19.1 Å². The first-order valence-electron chi connectivity index (χ1n) is 7.92. The summed E-state index contributed by atoms with van der Waals surface area (Å²) in [5, 5.41) is 3.60. The van der Waals surface area contributed by atoms with E-state index in [9.17, 15) is 9.18 Å². The number of amides is 1. The first-order valence-corrected chi connectivity index (χ1v) is 7.92. The molecule has 3 rings (SSSR count). The number of carbonyl (C=O) groups is 1. The van der Waals surface area contributed by atoms with E-state index in [0.717, 1.165) is 38.4 Å². The third kappa shape index (κ3) is 3.62. The fraction of sp³-hybridized carbons (Fsp3) is 0.588. The Balaban J connectivity index is 1.52. The summed E-state index contributed by atoms with van der Waals surface area (Å²) in [5.74, 6) is 0.538. The minimum Gasteiger partial charge on any atom is -0.339 e. The van der Waals surface area contributed by atoms with Crippen LogP contribution in [0.25, 0.3) is 0 Å². The highest BCUT2D eigenvalue weighted by atomic mass is 19.1. The minimum absolute atomic E-state index is 0.0467. The molecule has 0 aromatic heterocycles. The van der Waals surface area contributed by atoms with Crippen molar-refractivity contribution < 1.29 is 9.18 Å². The molecule has 2 fully saturated rings. The highest BCUT2D eigenvalue weighted by molar-refractivity contribution is 5.94. The lowest BCUT2D eigenvalue weighted by atomic mass is 10.0. The van der Waals surface area contributed by atoms with Crippen LogP contribution >= 0.6 is 0 Å². The average molecular weight is 290 g/mol. The minimum atomic E-state index is -0.304. The van der Waals surface area contributed by atoms with Crippen LogP contribution in [0.5, 0.6) is 0 Å². The lowest BCUT2D eigenvalue weighted by Gasteiger charge is -2.32. The number of hydrogen-bond donors (Lipinski definition) is 1. The molecule has 1 aliphatic heterocycles. The second kappa shape index (κ2) is 6.14. The molecule has 114 valence electrons. The van der Waals surface area contributed by atoms with Crippen molar-refractivity contribution in [2.75, 3.05) is 19.6 Å². The molecule has 0 radical (unpaired) electrons. The van der Waals surface area contributed by atoms with Gasteiger partial charge in [0.05, 0.1) is 0 Å². The Hall–Kier alpha value is -1.42. The summed E-state index contributed by atoms with van der Waals surface area (Å²) >= 11 is 0. The summed E-state index contributed by atoms with van der Waals surface area (Å²) < 4.78 is 13.6. The van der Waals surface area contributed by atoms with Gasteiger partial charge in [0, 0.05) is 24.7 Å². The molecule has 4 heteroatoms. The van der Waals surface area contributed by atoms with E-state index in [1.165, 1.54) is 18.9 Å². The van der Waals surface area contributed by atoms with Crippen LogP contribution in [0, 0.1) is 18.7 Å². The van der Waals surface area contributed by atoms with Crippen LogP contribution in [-0.2, 0) is 0 Å². The van der Waals surface area contributed by atoms with E-state index < -0.39 is 0 Å². The number of nitrogens with one attached hydrogen (secondary N) is 1. The molecule has 21 heavy (non-hydrogen) atoms. The summed E-state index contributed by atoms with van der Waals surface area (Å²) in [7, 11) is 0. The molecule has 1 saturated heterocycles. The van der Waals surface area contributed by atoms with E-state index in [2.05, 4.69) is 5.32 Å². The molecule has 1 aliphatic carbocycles. The maximum atomic E-state index is 13.6. The van der Waals surface area contributed by atoms with Gasteiger partial charge < -0.3 is 10.2 Å². The van der Waals surface area contributed by atoms with Crippen LogP contribution in [0.15, 0.2) is 18.2 Å². The summed E-state index contributed by atoms with van der Waals surface area (Å²) in [4.78, 5) is 14.2. The number of likely N-dealkylation sites (tertiary alicyclic amines) is 1. The zero-order valence-corrected chi connectivity index (χ0v) is 12.6. The van der Waals surface area contributed by atoms with Crippen LogP contribution in [0.2, 0.25) is 0 Å². The van der Waals surface area contributed by atoms with Gasteiger partial charge in [-0.1, -0.05) is 6.07 Å². The van der Waals surface area contributed by atoms with Gasteiger partial charge >= 0.3 is 0 Å². The molecule has 1 aromatic carbocycles. The largest absolute Gasteiger partial charge is 0.339 e. The van der Waals surface area contributed by atoms with Crippen molar-refractivity contribution in [3.63, 3.8) is 0 Å². The standard InChI is InChI=1S/C17H23FN2O/c1-12-2-5-14(10-16(12)18)17(21)20-8-6-15(7-9-20)19-11-13-3-4-13/h2,5,10,13,15,19H,3-4,6-9,11H2,1H3. The van der Waals surface area contributed by atoms with Crippen molar-refractivity contribution in [1.82, 2.24) is 10.2 Å². The highest BCUT2D eigenvalue weighted by Crippen LogP contribution is 2.28. The van der Waals surface area contributed by atoms with Crippen molar-refractivity contribution in [2.45, 2.75) is 38.6 Å². The second-order valence-corrected chi connectivity index (χ2v) is 6.38. The maximum absolute atomic E-state index is 13.6. The van der Waals surface area contributed by atoms with E-state index in [-0.39, 0.29) is 11.7 Å². The van der Waals surface area contributed by atoms with Gasteiger partial charge in [0.25, 0.3) is 5.91 Å². The molecule has 1 N–H and O–H groups in total. The molecular weight excluding hydrogens is 267 g/mol.